The van der Waals surface area contributed by atoms with Crippen LogP contribution in [-0.4, -0.2) is 0 Å². The number of benzene rings is 4. The zero-order valence-electron chi connectivity index (χ0n) is 25.4. The van der Waals surface area contributed by atoms with E-state index in [1.807, 2.05) is 60.7 Å². The van der Waals surface area contributed by atoms with E-state index < -0.39 is 0 Å². The van der Waals surface area contributed by atoms with Crippen LogP contribution in [0, 0.1) is 22.7 Å². The molecule has 0 atom stereocenters. The third-order valence-electron chi connectivity index (χ3n) is 8.43. The number of thiophene rings is 1. The summed E-state index contributed by atoms with van der Waals surface area (Å²) in [5.74, 6) is 1.17. The first-order chi connectivity index (χ1) is 22.5. The quantitative estimate of drug-likeness (QED) is 0.179. The number of rotatable bonds is 6. The van der Waals surface area contributed by atoms with Crippen molar-refractivity contribution in [2.45, 2.75) is 19.3 Å². The molecule has 0 saturated heterocycles. The average Bonchev–Trinajstić information content (AvgIpc) is 3.62. The molecule has 2 heterocycles. The Balaban J connectivity index is 1.22. The van der Waals surface area contributed by atoms with Crippen LogP contribution in [0.1, 0.15) is 35.4 Å². The van der Waals surface area contributed by atoms with Gasteiger partial charge in [0, 0.05) is 43.4 Å². The van der Waals surface area contributed by atoms with Crippen LogP contribution in [0.3, 0.4) is 0 Å². The van der Waals surface area contributed by atoms with Crippen LogP contribution in [0.4, 0.5) is 17.1 Å². The molecule has 0 spiro atoms. The minimum Gasteiger partial charge on any atom is -0.457 e. The second-order valence-corrected chi connectivity index (χ2v) is 12.7. The van der Waals surface area contributed by atoms with Crippen molar-refractivity contribution in [2.75, 3.05) is 4.90 Å². The van der Waals surface area contributed by atoms with Gasteiger partial charge in [0.1, 0.15) is 29.2 Å². The van der Waals surface area contributed by atoms with Gasteiger partial charge in [0.05, 0.1) is 0 Å². The lowest BCUT2D eigenvalue weighted by atomic mass is 9.82. The maximum absolute atomic E-state index is 9.54. The van der Waals surface area contributed by atoms with E-state index >= 15 is 0 Å². The minimum atomic E-state index is -0.184. The predicted molar refractivity (Wildman–Crippen MR) is 187 cm³/mol. The fraction of sp³-hybridized carbons (Fsp3) is 0.0732. The number of hydrogen-bond donors (Lipinski definition) is 0. The summed E-state index contributed by atoms with van der Waals surface area (Å²) in [6, 6.07) is 43.8. The lowest BCUT2D eigenvalue weighted by Crippen LogP contribution is -2.16. The van der Waals surface area contributed by atoms with Crippen LogP contribution in [0.2, 0.25) is 0 Å². The number of hydrogen-bond acceptors (Lipinski definition) is 5. The van der Waals surface area contributed by atoms with Gasteiger partial charge in [-0.3, -0.25) is 0 Å². The van der Waals surface area contributed by atoms with Gasteiger partial charge in [0.15, 0.2) is 0 Å². The minimum absolute atomic E-state index is 0.0496. The Morgan fingerprint density at radius 2 is 1.35 bits per heavy atom. The smallest absolute Gasteiger partial charge is 0.137 e. The molecule has 7 rings (SSSR count). The normalized spacial score (nSPS) is 14.3. The van der Waals surface area contributed by atoms with Crippen molar-refractivity contribution in [3.63, 3.8) is 0 Å². The van der Waals surface area contributed by atoms with Crippen molar-refractivity contribution in [3.8, 4) is 22.6 Å². The molecule has 1 aromatic heterocycles. The van der Waals surface area contributed by atoms with E-state index in [0.717, 1.165) is 27.5 Å². The van der Waals surface area contributed by atoms with Gasteiger partial charge in [-0.2, -0.15) is 10.5 Å². The van der Waals surface area contributed by atoms with Crippen LogP contribution in [-0.2, 0) is 10.2 Å². The van der Waals surface area contributed by atoms with Crippen molar-refractivity contribution in [1.82, 2.24) is 0 Å². The Bertz CT molecular complexity index is 2100. The summed E-state index contributed by atoms with van der Waals surface area (Å²) >= 11 is 1.76. The van der Waals surface area contributed by atoms with E-state index in [0.29, 0.717) is 17.1 Å². The Morgan fingerprint density at radius 1 is 0.717 bits per heavy atom. The summed E-state index contributed by atoms with van der Waals surface area (Å²) in [5, 5.41) is 19.1. The molecule has 4 aromatic carbocycles. The van der Waals surface area contributed by atoms with Gasteiger partial charge in [0.25, 0.3) is 0 Å². The van der Waals surface area contributed by atoms with Crippen LogP contribution in [0.15, 0.2) is 150 Å². The molecule has 0 unspecified atom stereocenters. The van der Waals surface area contributed by atoms with E-state index in [-0.39, 0.29) is 11.0 Å². The summed E-state index contributed by atoms with van der Waals surface area (Å²) in [5.41, 5.74) is 8.51. The highest BCUT2D eigenvalue weighted by molar-refractivity contribution is 7.16. The van der Waals surface area contributed by atoms with Crippen LogP contribution >= 0.6 is 11.3 Å². The first-order valence-electron chi connectivity index (χ1n) is 15.0. The number of nitriles is 2. The monoisotopic (exact) mass is 611 g/mol. The van der Waals surface area contributed by atoms with Gasteiger partial charge < -0.3 is 9.64 Å². The zero-order valence-corrected chi connectivity index (χ0v) is 26.3. The average molecular weight is 612 g/mol. The molecule has 0 radical (unpaired) electrons. The molecule has 0 amide bonds. The number of para-hydroxylation sites is 2. The Labute approximate surface area is 273 Å². The molecule has 1 aliphatic heterocycles. The second kappa shape index (κ2) is 11.9. The number of ether oxygens (including phenoxy) is 1. The largest absolute Gasteiger partial charge is 0.457 e. The Hall–Kier alpha value is -5.88. The lowest BCUT2D eigenvalue weighted by molar-refractivity contribution is 0.396. The Kier molecular flexibility index (Phi) is 7.47. The second-order valence-electron chi connectivity index (χ2n) is 11.7. The Morgan fingerprint density at radius 3 is 1.98 bits per heavy atom. The van der Waals surface area contributed by atoms with Crippen LogP contribution in [0.25, 0.3) is 22.3 Å². The van der Waals surface area contributed by atoms with E-state index in [1.165, 1.54) is 21.6 Å². The predicted octanol–water partition coefficient (Wildman–Crippen LogP) is 10.8. The highest BCUT2D eigenvalue weighted by Crippen LogP contribution is 2.54. The fourth-order valence-corrected chi connectivity index (χ4v) is 7.36. The molecule has 2 aliphatic rings. The van der Waals surface area contributed by atoms with E-state index in [9.17, 15) is 10.5 Å². The van der Waals surface area contributed by atoms with E-state index in [2.05, 4.69) is 97.6 Å². The molecule has 4 nitrogen and oxygen atoms in total. The summed E-state index contributed by atoms with van der Waals surface area (Å²) in [7, 11) is 0. The van der Waals surface area contributed by atoms with Gasteiger partial charge >= 0.3 is 0 Å². The van der Waals surface area contributed by atoms with E-state index in [1.54, 1.807) is 23.5 Å². The SMILES string of the molecule is CC1(C)c2cc(N(c3ccccc3)c3ccccc3)ccc2-c2sc(/C=C/C3=CC(=C(C#N)C#N)C=C(c4ccccc4)O3)cc21. The third-order valence-corrected chi connectivity index (χ3v) is 9.56. The highest BCUT2D eigenvalue weighted by atomic mass is 32.1. The number of allylic oxidation sites excluding steroid dienone is 5. The molecule has 46 heavy (non-hydrogen) atoms. The van der Waals surface area contributed by atoms with Crippen LogP contribution < -0.4 is 4.90 Å². The van der Waals surface area contributed by atoms with E-state index in [4.69, 9.17) is 4.74 Å². The van der Waals surface area contributed by atoms with Crippen molar-refractivity contribution in [2.24, 2.45) is 0 Å². The van der Waals surface area contributed by atoms with Gasteiger partial charge in [-0.15, -0.1) is 11.3 Å². The maximum Gasteiger partial charge on any atom is 0.137 e. The van der Waals surface area contributed by atoms with Crippen molar-refractivity contribution in [3.05, 3.63) is 172 Å². The maximum atomic E-state index is 9.54. The van der Waals surface area contributed by atoms with Crippen molar-refractivity contribution >= 4 is 40.2 Å². The number of anilines is 3. The first kappa shape index (κ1) is 28.9. The third kappa shape index (κ3) is 5.24. The van der Waals surface area contributed by atoms with Crippen molar-refractivity contribution in [1.29, 1.82) is 10.5 Å². The zero-order chi connectivity index (χ0) is 31.7. The van der Waals surface area contributed by atoms with Gasteiger partial charge in [-0.05, 0) is 83.5 Å². The van der Waals surface area contributed by atoms with Crippen molar-refractivity contribution < 1.29 is 4.74 Å². The number of nitrogens with zero attached hydrogens (tertiary/aromatic N) is 3. The summed E-state index contributed by atoms with van der Waals surface area (Å²) in [6.07, 6.45) is 7.46. The molecular formula is C41H29N3OS. The lowest BCUT2D eigenvalue weighted by Gasteiger charge is -2.28. The summed E-state index contributed by atoms with van der Waals surface area (Å²) < 4.78 is 6.23. The van der Waals surface area contributed by atoms with Gasteiger partial charge in [0.2, 0.25) is 0 Å². The van der Waals surface area contributed by atoms with Crippen LogP contribution in [0.5, 0.6) is 0 Å². The van der Waals surface area contributed by atoms with Gasteiger partial charge in [-0.25, -0.2) is 0 Å². The summed E-state index contributed by atoms with van der Waals surface area (Å²) in [6.45, 7) is 4.59. The molecule has 0 fully saturated rings. The van der Waals surface area contributed by atoms with Gasteiger partial charge in [-0.1, -0.05) is 86.6 Å². The standard InChI is InChI=1S/C41H29N3OS/c1-41(2)37-24-33(44(31-14-8-4-9-15-31)32-16-10-5-11-17-32)18-21-36(37)40-38(41)25-35(46-40)20-19-34-22-29(30(26-42)27-43)23-39(45-34)28-12-6-3-7-13-28/h3-25H,1-2H3/b20-19+. The molecule has 5 heteroatoms. The molecule has 0 N–H and O–H groups in total. The fourth-order valence-electron chi connectivity index (χ4n) is 6.10. The highest BCUT2D eigenvalue weighted by Gasteiger charge is 2.37. The topological polar surface area (TPSA) is 60.0 Å². The molecule has 0 saturated carbocycles. The summed E-state index contributed by atoms with van der Waals surface area (Å²) in [4.78, 5) is 4.69. The first-order valence-corrected chi connectivity index (χ1v) is 15.9. The molecule has 1 aliphatic carbocycles. The molecular weight excluding hydrogens is 583 g/mol. The molecule has 220 valence electrons. The molecule has 0 bridgehead atoms. The number of fused-ring (bicyclic) bond motifs is 3. The molecule has 5 aromatic rings.